The molecule has 0 saturated heterocycles. The fourth-order valence-corrected chi connectivity index (χ4v) is 4.94. The van der Waals surface area contributed by atoms with Crippen LogP contribution in [0.3, 0.4) is 0 Å². The average molecular weight is 713 g/mol. The number of nitrogens with zero attached hydrogens (tertiary/aromatic N) is 13. The third-order valence-corrected chi connectivity index (χ3v) is 6.91. The van der Waals surface area contributed by atoms with Gasteiger partial charge in [-0.15, -0.1) is 0 Å². The molecule has 0 radical (unpaired) electrons. The third-order valence-electron chi connectivity index (χ3n) is 6.91. The molecule has 13 nitrogen and oxygen atoms in total. The Labute approximate surface area is 291 Å². The zero-order valence-corrected chi connectivity index (χ0v) is 32.0. The van der Waals surface area contributed by atoms with E-state index in [0.717, 1.165) is 0 Å². The van der Waals surface area contributed by atoms with Gasteiger partial charge in [0.15, 0.2) is 29.0 Å². The van der Waals surface area contributed by atoms with Crippen LogP contribution in [0.1, 0.15) is 5.56 Å². The second-order valence-corrected chi connectivity index (χ2v) is 13.0. The normalized spacial score (nSPS) is 10.5. The topological polar surface area (TPSA) is 82.0 Å². The molecule has 0 bridgehead atoms. The molecule has 2 aromatic rings. The summed E-state index contributed by atoms with van der Waals surface area (Å²) in [5, 5.41) is 0. The lowest BCUT2D eigenvalue weighted by atomic mass is 10.1. The van der Waals surface area contributed by atoms with Crippen LogP contribution in [0.15, 0.2) is 21.0 Å². The van der Waals surface area contributed by atoms with E-state index in [1.54, 1.807) is 158 Å². The fourth-order valence-electron chi connectivity index (χ4n) is 4.94. The molecule has 0 N–H and O–H groups in total. The summed E-state index contributed by atoms with van der Waals surface area (Å²) in [6.45, 7) is -0.893. The van der Waals surface area contributed by atoms with Gasteiger partial charge in [-0.3, -0.25) is 9.80 Å². The average Bonchev–Trinajstić information content (AvgIpc) is 2.99. The van der Waals surface area contributed by atoms with Gasteiger partial charge in [-0.25, -0.2) is 41.2 Å². The van der Waals surface area contributed by atoms with Gasteiger partial charge < -0.3 is 29.4 Å². The number of benzene rings is 1. The summed E-state index contributed by atoms with van der Waals surface area (Å²) >= 11 is 0. The Kier molecular flexibility index (Phi) is 13.7. The standard InChI is InChI=1S/C32H51F5N13/c1-42(2)29(43(3)4)38-20-17-21(39-30(44(5)6)45(7)8)28(41-32(48(13)14)49(15)16)50(27(20)40-31(46(9)10)47(11)12)18-19-22(33)24(35)26(37)25(36)23(19)34/h17H,18H2,1-16H3/q+1. The van der Waals surface area contributed by atoms with Crippen LogP contribution >= 0.6 is 0 Å². The molecule has 1 aromatic carbocycles. The van der Waals surface area contributed by atoms with Crippen LogP contribution in [-0.2, 0) is 6.54 Å². The number of pyridine rings is 1. The predicted octanol–water partition coefficient (Wildman–Crippen LogP) is 2.01. The van der Waals surface area contributed by atoms with Gasteiger partial charge in [0.1, 0.15) is 5.69 Å². The van der Waals surface area contributed by atoms with E-state index in [1.807, 2.05) is 0 Å². The highest BCUT2D eigenvalue weighted by atomic mass is 19.2. The molecule has 0 saturated carbocycles. The second kappa shape index (κ2) is 16.6. The van der Waals surface area contributed by atoms with Crippen molar-refractivity contribution in [3.8, 4) is 0 Å². The fraction of sp³-hybridized carbons (Fsp3) is 0.531. The van der Waals surface area contributed by atoms with Crippen LogP contribution in [-0.4, -0.2) is 180 Å². The lowest BCUT2D eigenvalue weighted by Crippen LogP contribution is -2.41. The molecule has 2 rings (SSSR count). The van der Waals surface area contributed by atoms with Gasteiger partial charge in [-0.05, 0) is 0 Å². The van der Waals surface area contributed by atoms with E-state index in [0.29, 0.717) is 23.8 Å². The van der Waals surface area contributed by atoms with Gasteiger partial charge in [0.05, 0.1) is 12.1 Å². The second-order valence-electron chi connectivity index (χ2n) is 13.0. The van der Waals surface area contributed by atoms with Crippen molar-refractivity contribution < 1.29 is 22.0 Å². The molecule has 0 atom stereocenters. The summed E-state index contributed by atoms with van der Waals surface area (Å²) < 4.78 is 80.8. The Morgan fingerprint density at radius 1 is 0.500 bits per heavy atom. The number of rotatable bonds is 5. The molecular formula is C32H51F5N13+. The van der Waals surface area contributed by atoms with E-state index in [4.69, 9.17) is 19.6 Å². The minimum atomic E-state index is -2.26. The zero-order chi connectivity index (χ0) is 38.5. The van der Waals surface area contributed by atoms with Gasteiger partial charge in [-0.2, -0.15) is 4.99 Å². The molecule has 0 aliphatic rings. The first-order valence-corrected chi connectivity index (χ1v) is 15.4. The smallest absolute Gasteiger partial charge is 0.349 e. The van der Waals surface area contributed by atoms with Crippen LogP contribution in [0.2, 0.25) is 0 Å². The van der Waals surface area contributed by atoms with Crippen molar-refractivity contribution >= 4 is 41.0 Å². The molecule has 50 heavy (non-hydrogen) atoms. The van der Waals surface area contributed by atoms with Crippen LogP contribution in [0.25, 0.3) is 0 Å². The summed E-state index contributed by atoms with van der Waals surface area (Å²) in [6.07, 6.45) is 0. The number of halogens is 5. The number of hydrogen-bond donors (Lipinski definition) is 0. The van der Waals surface area contributed by atoms with Crippen molar-refractivity contribution in [2.24, 2.45) is 15.0 Å². The molecule has 0 aliphatic heterocycles. The number of aromatic nitrogens is 1. The molecule has 1 heterocycles. The molecular weight excluding hydrogens is 661 g/mol. The first kappa shape index (κ1) is 41.2. The molecule has 0 unspecified atom stereocenters. The third kappa shape index (κ3) is 9.16. The van der Waals surface area contributed by atoms with Crippen molar-refractivity contribution in [1.29, 1.82) is 0 Å². The highest BCUT2D eigenvalue weighted by molar-refractivity contribution is 5.88. The van der Waals surface area contributed by atoms with E-state index in [1.165, 1.54) is 4.57 Å². The molecule has 18 heteroatoms. The maximum Gasteiger partial charge on any atom is 0.399 e. The SMILES string of the molecule is CN(C)C(=Nc1cc(N=C(N(C)C)N(C)C)c(=[N+]=C(N(C)C)N(C)C)n(Cc2c(F)c(F)c(F)c(F)c2F)c1N=C(N(C)C)N(C)C)N(C)C. The molecule has 0 spiro atoms. The Hall–Kier alpha value is -4.99. The number of aliphatic imine (C=N–C) groups is 3. The molecule has 0 fully saturated rings. The first-order valence-electron chi connectivity index (χ1n) is 15.4. The zero-order valence-electron chi connectivity index (χ0n) is 32.0. The van der Waals surface area contributed by atoms with Gasteiger partial charge in [0, 0.05) is 119 Å². The predicted molar refractivity (Wildman–Crippen MR) is 191 cm³/mol. The van der Waals surface area contributed by atoms with Crippen LogP contribution in [0.5, 0.6) is 0 Å². The molecule has 0 aliphatic carbocycles. The quantitative estimate of drug-likeness (QED) is 0.117. The van der Waals surface area contributed by atoms with Crippen molar-refractivity contribution in [2.75, 3.05) is 113 Å². The van der Waals surface area contributed by atoms with E-state index < -0.39 is 41.2 Å². The van der Waals surface area contributed by atoms with Crippen molar-refractivity contribution in [1.82, 2.24) is 48.4 Å². The van der Waals surface area contributed by atoms with Crippen LogP contribution < -0.4 is 10.2 Å². The maximum absolute atomic E-state index is 15.5. The molecule has 1 aromatic heterocycles. The molecule has 278 valence electrons. The highest BCUT2D eigenvalue weighted by Crippen LogP contribution is 2.33. The number of guanidine groups is 4. The van der Waals surface area contributed by atoms with Crippen molar-refractivity contribution in [3.63, 3.8) is 0 Å². The van der Waals surface area contributed by atoms with Crippen LogP contribution in [0, 0.1) is 29.1 Å². The Balaban J connectivity index is 3.69. The van der Waals surface area contributed by atoms with Gasteiger partial charge in [0.2, 0.25) is 29.5 Å². The van der Waals surface area contributed by atoms with E-state index in [9.17, 15) is 13.2 Å². The van der Waals surface area contributed by atoms with Crippen molar-refractivity contribution in [3.05, 3.63) is 46.2 Å². The summed E-state index contributed by atoms with van der Waals surface area (Å²) in [7, 11) is 28.2. The first-order chi connectivity index (χ1) is 23.0. The molecule has 0 amide bonds. The summed E-state index contributed by atoms with van der Waals surface area (Å²) in [6, 6.07) is 1.62. The summed E-state index contributed by atoms with van der Waals surface area (Å²) in [5.74, 6) is -8.72. The summed E-state index contributed by atoms with van der Waals surface area (Å²) in [5.41, 5.74) is -0.765. The Bertz CT molecular complexity index is 1680. The number of hydrogen-bond acceptors (Lipinski definition) is 3. The van der Waals surface area contributed by atoms with E-state index >= 15 is 8.78 Å². The Morgan fingerprint density at radius 3 is 1.20 bits per heavy atom. The van der Waals surface area contributed by atoms with Gasteiger partial charge in [-0.1, -0.05) is 0 Å². The monoisotopic (exact) mass is 712 g/mol. The van der Waals surface area contributed by atoms with Crippen LogP contribution in [0.4, 0.5) is 39.1 Å². The lowest BCUT2D eigenvalue weighted by Gasteiger charge is -2.25. The van der Waals surface area contributed by atoms with E-state index in [2.05, 4.69) is 0 Å². The van der Waals surface area contributed by atoms with Gasteiger partial charge >= 0.3 is 11.4 Å². The minimum Gasteiger partial charge on any atom is -0.349 e. The highest BCUT2D eigenvalue weighted by Gasteiger charge is 2.30. The van der Waals surface area contributed by atoms with Gasteiger partial charge in [0.25, 0.3) is 0 Å². The lowest BCUT2D eigenvalue weighted by molar-refractivity contribution is 0.367. The summed E-state index contributed by atoms with van der Waals surface area (Å²) in [4.78, 5) is 28.5. The minimum absolute atomic E-state index is 0.00152. The largest absolute Gasteiger partial charge is 0.399 e. The Morgan fingerprint density at radius 2 is 0.840 bits per heavy atom. The van der Waals surface area contributed by atoms with Crippen molar-refractivity contribution in [2.45, 2.75) is 6.54 Å². The maximum atomic E-state index is 15.5. The van der Waals surface area contributed by atoms with E-state index in [-0.39, 0.29) is 22.7 Å².